The van der Waals surface area contributed by atoms with Crippen molar-refractivity contribution in [3.63, 3.8) is 0 Å². The van der Waals surface area contributed by atoms with Crippen LogP contribution in [0.2, 0.25) is 18.1 Å². The van der Waals surface area contributed by atoms with Gasteiger partial charge in [-0.25, -0.2) is 9.59 Å². The van der Waals surface area contributed by atoms with Crippen molar-refractivity contribution < 1.29 is 23.5 Å². The molecule has 0 saturated carbocycles. The maximum absolute atomic E-state index is 12.1. The third-order valence-electron chi connectivity index (χ3n) is 4.71. The number of aliphatic imine (C=N–C) groups is 1. The normalized spacial score (nSPS) is 13.8. The Morgan fingerprint density at radius 2 is 1.34 bits per heavy atom. The van der Waals surface area contributed by atoms with E-state index < -0.39 is 31.7 Å². The average molecular weight is 475 g/mol. The average Bonchev–Trinajstić information content (AvgIpc) is 2.52. The van der Waals surface area contributed by atoms with E-state index in [0.717, 1.165) is 0 Å². The monoisotopic (exact) mass is 474 g/mol. The van der Waals surface area contributed by atoms with Crippen LogP contribution in [-0.4, -0.2) is 56.9 Å². The predicted octanol–water partition coefficient (Wildman–Crippen LogP) is 4.52. The van der Waals surface area contributed by atoms with Gasteiger partial charge in [0, 0.05) is 19.2 Å². The zero-order valence-corrected chi connectivity index (χ0v) is 23.0. The fraction of sp³-hybridized carbons (Fsp3) is 0.864. The third kappa shape index (κ3) is 14.4. The van der Waals surface area contributed by atoms with Crippen molar-refractivity contribution in [3.05, 3.63) is 0 Å². The van der Waals surface area contributed by atoms with E-state index in [9.17, 15) is 9.59 Å². The molecule has 0 spiro atoms. The van der Waals surface area contributed by atoms with Gasteiger partial charge in [0.1, 0.15) is 11.2 Å². The number of guanidine groups is 1. The molecule has 0 aromatic rings. The molecule has 188 valence electrons. The molecule has 4 N–H and O–H groups in total. The Hall–Kier alpha value is -1.65. The van der Waals surface area contributed by atoms with E-state index >= 15 is 0 Å². The lowest BCUT2D eigenvalue weighted by Crippen LogP contribution is -2.47. The summed E-state index contributed by atoms with van der Waals surface area (Å²) < 4.78 is 16.6. The van der Waals surface area contributed by atoms with E-state index in [2.05, 4.69) is 49.5 Å². The summed E-state index contributed by atoms with van der Waals surface area (Å²) in [6, 6.07) is -0.111. The van der Waals surface area contributed by atoms with Crippen molar-refractivity contribution in [1.82, 2.24) is 10.6 Å². The van der Waals surface area contributed by atoms with Gasteiger partial charge in [0.2, 0.25) is 5.96 Å². The minimum atomic E-state index is -1.84. The number of carbonyl (C=O) groups is 2. The van der Waals surface area contributed by atoms with Gasteiger partial charge in [0.15, 0.2) is 8.32 Å². The highest BCUT2D eigenvalue weighted by Gasteiger charge is 2.37. The van der Waals surface area contributed by atoms with Crippen LogP contribution in [0, 0.1) is 0 Å². The van der Waals surface area contributed by atoms with Gasteiger partial charge in [-0.15, -0.1) is 0 Å². The Morgan fingerprint density at radius 1 is 0.906 bits per heavy atom. The first-order valence-corrected chi connectivity index (χ1v) is 14.1. The molecule has 0 saturated heterocycles. The Morgan fingerprint density at radius 3 is 1.72 bits per heavy atom. The number of hydrogen-bond acceptors (Lipinski definition) is 7. The zero-order chi connectivity index (χ0) is 25.4. The molecular formula is C22H46N4O5Si. The second kappa shape index (κ2) is 12.0. The second-order valence-electron chi connectivity index (χ2n) is 11.5. The molecule has 32 heavy (non-hydrogen) atoms. The number of ether oxygens (including phenoxy) is 2. The zero-order valence-electron chi connectivity index (χ0n) is 22.0. The number of alkyl carbamates (subject to hydrolysis) is 2. The first-order chi connectivity index (χ1) is 14.2. The molecule has 2 amide bonds. The summed E-state index contributed by atoms with van der Waals surface area (Å²) in [5.41, 5.74) is 4.85. The molecule has 0 aliphatic heterocycles. The molecule has 0 bridgehead atoms. The van der Waals surface area contributed by atoms with E-state index in [4.69, 9.17) is 19.6 Å². The largest absolute Gasteiger partial charge is 0.444 e. The molecule has 0 aliphatic carbocycles. The van der Waals surface area contributed by atoms with Gasteiger partial charge in [0.25, 0.3) is 0 Å². The Balaban J connectivity index is 4.85. The molecule has 0 fully saturated rings. The Kier molecular flexibility index (Phi) is 11.4. The van der Waals surface area contributed by atoms with Crippen LogP contribution < -0.4 is 16.4 Å². The third-order valence-corrected chi connectivity index (χ3v) is 9.21. The number of amides is 2. The summed E-state index contributed by atoms with van der Waals surface area (Å²) in [6.07, 6.45) is -0.0690. The van der Waals surface area contributed by atoms with Crippen molar-refractivity contribution in [2.75, 3.05) is 13.2 Å². The van der Waals surface area contributed by atoms with Gasteiger partial charge in [-0.2, -0.15) is 0 Å². The molecule has 10 heteroatoms. The highest BCUT2D eigenvalue weighted by molar-refractivity contribution is 6.74. The van der Waals surface area contributed by atoms with E-state index in [1.54, 1.807) is 41.5 Å². The lowest BCUT2D eigenvalue weighted by atomic mass is 10.2. The van der Waals surface area contributed by atoms with Crippen LogP contribution in [-0.2, 0) is 13.9 Å². The standard InChI is InChI=1S/C22H46N4O5Si/c1-20(2,3)30-18(27)25-17(26-19(28)31-21(4,5)6)24-14-12-13-16(23)15-29-32(10,11)22(7,8)9/h16H,12-15,23H2,1-11H3,(H2,24,25,26,27,28)/t16-/m0/s1. The maximum atomic E-state index is 12.1. The fourth-order valence-corrected chi connectivity index (χ4v) is 3.13. The molecule has 1 atom stereocenters. The van der Waals surface area contributed by atoms with Gasteiger partial charge in [-0.1, -0.05) is 20.8 Å². The molecular weight excluding hydrogens is 428 g/mol. The summed E-state index contributed by atoms with van der Waals surface area (Å²) in [4.78, 5) is 28.5. The fourth-order valence-electron chi connectivity index (χ4n) is 2.07. The maximum Gasteiger partial charge on any atom is 0.414 e. The van der Waals surface area contributed by atoms with Gasteiger partial charge in [-0.3, -0.25) is 15.6 Å². The predicted molar refractivity (Wildman–Crippen MR) is 131 cm³/mol. The lowest BCUT2D eigenvalue weighted by molar-refractivity contribution is 0.0545. The van der Waals surface area contributed by atoms with E-state index in [-0.39, 0.29) is 17.0 Å². The van der Waals surface area contributed by atoms with Crippen LogP contribution in [0.25, 0.3) is 0 Å². The number of nitrogens with one attached hydrogen (secondary N) is 2. The van der Waals surface area contributed by atoms with Crippen molar-refractivity contribution >= 4 is 26.5 Å². The molecule has 0 rings (SSSR count). The Labute approximate surface area is 195 Å². The minimum Gasteiger partial charge on any atom is -0.444 e. The van der Waals surface area contributed by atoms with Crippen molar-refractivity contribution in [2.45, 2.75) is 111 Å². The molecule has 9 nitrogen and oxygen atoms in total. The van der Waals surface area contributed by atoms with Gasteiger partial charge >= 0.3 is 12.2 Å². The van der Waals surface area contributed by atoms with Crippen LogP contribution in [0.3, 0.4) is 0 Å². The molecule has 0 radical (unpaired) electrons. The summed E-state index contributed by atoms with van der Waals surface area (Å²) in [5, 5.41) is 5.06. The van der Waals surface area contributed by atoms with E-state index in [1.165, 1.54) is 0 Å². The van der Waals surface area contributed by atoms with Crippen LogP contribution in [0.1, 0.15) is 75.2 Å². The van der Waals surface area contributed by atoms with Crippen LogP contribution in [0.4, 0.5) is 9.59 Å². The number of rotatable bonds is 7. The highest BCUT2D eigenvalue weighted by atomic mass is 28.4. The number of nitrogens with zero attached hydrogens (tertiary/aromatic N) is 1. The van der Waals surface area contributed by atoms with Crippen LogP contribution >= 0.6 is 0 Å². The number of carbonyl (C=O) groups excluding carboxylic acids is 2. The van der Waals surface area contributed by atoms with Crippen molar-refractivity contribution in [3.8, 4) is 0 Å². The van der Waals surface area contributed by atoms with Crippen LogP contribution in [0.15, 0.2) is 4.99 Å². The summed E-state index contributed by atoms with van der Waals surface area (Å²) in [6.45, 7) is 22.3. The molecule has 0 heterocycles. The summed E-state index contributed by atoms with van der Waals surface area (Å²) in [5.74, 6) is -0.0282. The minimum absolute atomic E-state index is 0.0282. The first-order valence-electron chi connectivity index (χ1n) is 11.2. The smallest absolute Gasteiger partial charge is 0.414 e. The SMILES string of the molecule is CC(C)(C)OC(=O)NC(=NCCC[C@H](N)CO[Si](C)(C)C(C)(C)C)NC(=O)OC(C)(C)C. The van der Waals surface area contributed by atoms with E-state index in [1.807, 2.05) is 0 Å². The van der Waals surface area contributed by atoms with E-state index in [0.29, 0.717) is 26.0 Å². The second-order valence-corrected chi connectivity index (χ2v) is 16.3. The van der Waals surface area contributed by atoms with Crippen molar-refractivity contribution in [2.24, 2.45) is 10.7 Å². The number of hydrogen-bond donors (Lipinski definition) is 3. The summed E-state index contributed by atoms with van der Waals surface area (Å²) in [7, 11) is -1.84. The molecule has 0 unspecified atom stereocenters. The van der Waals surface area contributed by atoms with Gasteiger partial charge in [0.05, 0.1) is 0 Å². The topological polar surface area (TPSA) is 124 Å². The van der Waals surface area contributed by atoms with Crippen molar-refractivity contribution in [1.29, 1.82) is 0 Å². The number of nitrogens with two attached hydrogens (primary N) is 1. The van der Waals surface area contributed by atoms with Gasteiger partial charge in [-0.05, 0) is 72.5 Å². The molecule has 0 aromatic heterocycles. The first kappa shape index (κ1) is 30.3. The van der Waals surface area contributed by atoms with Gasteiger partial charge < -0.3 is 19.6 Å². The molecule has 0 aliphatic rings. The molecule has 0 aromatic carbocycles. The van der Waals surface area contributed by atoms with Crippen LogP contribution in [0.5, 0.6) is 0 Å². The quantitative estimate of drug-likeness (QED) is 0.216. The lowest BCUT2D eigenvalue weighted by Gasteiger charge is -2.36. The Bertz CT molecular complexity index is 614. The highest BCUT2D eigenvalue weighted by Crippen LogP contribution is 2.36. The summed E-state index contributed by atoms with van der Waals surface area (Å²) >= 11 is 0.